The molecule has 0 saturated carbocycles. The molecule has 0 aromatic carbocycles. The molecular formula is C12H19N3O3S. The van der Waals surface area contributed by atoms with Gasteiger partial charge in [0, 0.05) is 20.2 Å². The number of aromatic nitrogens is 2. The zero-order valence-electron chi connectivity index (χ0n) is 11.0. The Bertz CT molecular complexity index is 426. The summed E-state index contributed by atoms with van der Waals surface area (Å²) in [5.74, 6) is 1.06. The highest BCUT2D eigenvalue weighted by Gasteiger charge is 2.41. The summed E-state index contributed by atoms with van der Waals surface area (Å²) in [4.78, 5) is 2.30. The van der Waals surface area contributed by atoms with E-state index in [0.29, 0.717) is 25.0 Å². The minimum atomic E-state index is -0.186. The number of aliphatic hydroxyl groups excluding tert-OH is 1. The Balaban J connectivity index is 1.70. The average molecular weight is 285 g/mol. The molecule has 7 heteroatoms. The van der Waals surface area contributed by atoms with Crippen LogP contribution in [0, 0.1) is 5.92 Å². The van der Waals surface area contributed by atoms with E-state index in [1.54, 1.807) is 7.11 Å². The SMILES string of the molecule is COCCOc1nsnc1C1CCC2CN1CC2O. The number of rotatable bonds is 5. The number of piperidine rings is 1. The van der Waals surface area contributed by atoms with E-state index in [2.05, 4.69) is 13.6 Å². The molecule has 1 N–H and O–H groups in total. The van der Waals surface area contributed by atoms with Gasteiger partial charge in [0.1, 0.15) is 12.3 Å². The first-order valence-corrected chi connectivity index (χ1v) is 7.39. The first-order valence-electron chi connectivity index (χ1n) is 6.66. The van der Waals surface area contributed by atoms with Gasteiger partial charge < -0.3 is 14.6 Å². The van der Waals surface area contributed by atoms with E-state index >= 15 is 0 Å². The zero-order chi connectivity index (χ0) is 13.2. The molecule has 0 spiro atoms. The van der Waals surface area contributed by atoms with E-state index in [0.717, 1.165) is 31.6 Å². The Kier molecular flexibility index (Phi) is 3.97. The monoisotopic (exact) mass is 285 g/mol. The average Bonchev–Trinajstić information content (AvgIpc) is 2.97. The molecule has 2 aliphatic heterocycles. The highest BCUT2D eigenvalue weighted by Crippen LogP contribution is 2.41. The summed E-state index contributed by atoms with van der Waals surface area (Å²) in [6.45, 7) is 2.74. The van der Waals surface area contributed by atoms with Crippen molar-refractivity contribution in [2.45, 2.75) is 25.0 Å². The van der Waals surface area contributed by atoms with E-state index in [-0.39, 0.29) is 12.1 Å². The predicted molar refractivity (Wildman–Crippen MR) is 70.3 cm³/mol. The zero-order valence-corrected chi connectivity index (χ0v) is 11.8. The molecule has 2 aliphatic rings. The predicted octanol–water partition coefficient (Wildman–Crippen LogP) is 0.691. The molecule has 19 heavy (non-hydrogen) atoms. The lowest BCUT2D eigenvalue weighted by Gasteiger charge is -2.30. The molecule has 2 saturated heterocycles. The van der Waals surface area contributed by atoms with Gasteiger partial charge in [0.15, 0.2) is 0 Å². The summed E-state index contributed by atoms with van der Waals surface area (Å²) < 4.78 is 19.2. The molecule has 3 heterocycles. The quantitative estimate of drug-likeness (QED) is 0.803. The summed E-state index contributed by atoms with van der Waals surface area (Å²) in [6, 6.07) is 0.240. The van der Waals surface area contributed by atoms with E-state index in [9.17, 15) is 5.11 Å². The summed E-state index contributed by atoms with van der Waals surface area (Å²) >= 11 is 1.19. The van der Waals surface area contributed by atoms with Gasteiger partial charge in [-0.05, 0) is 18.8 Å². The van der Waals surface area contributed by atoms with Crippen molar-refractivity contribution in [3.8, 4) is 5.88 Å². The van der Waals surface area contributed by atoms with Crippen molar-refractivity contribution in [1.82, 2.24) is 13.6 Å². The molecule has 2 fully saturated rings. The lowest BCUT2D eigenvalue weighted by Crippen LogP contribution is -2.31. The van der Waals surface area contributed by atoms with Gasteiger partial charge in [-0.1, -0.05) is 0 Å². The smallest absolute Gasteiger partial charge is 0.250 e. The van der Waals surface area contributed by atoms with Crippen LogP contribution in [0.1, 0.15) is 24.6 Å². The van der Waals surface area contributed by atoms with Gasteiger partial charge in [-0.25, -0.2) is 0 Å². The molecule has 1 aromatic heterocycles. The van der Waals surface area contributed by atoms with Gasteiger partial charge in [-0.3, -0.25) is 4.90 Å². The largest absolute Gasteiger partial charge is 0.473 e. The molecule has 4 unspecified atom stereocenters. The maximum atomic E-state index is 9.93. The Morgan fingerprint density at radius 3 is 3.05 bits per heavy atom. The number of methoxy groups -OCH3 is 1. The van der Waals surface area contributed by atoms with Crippen LogP contribution in [0.4, 0.5) is 0 Å². The molecule has 0 amide bonds. The summed E-state index contributed by atoms with van der Waals surface area (Å²) in [5, 5.41) is 9.93. The second-order valence-electron chi connectivity index (χ2n) is 5.17. The van der Waals surface area contributed by atoms with E-state index in [1.807, 2.05) is 0 Å². The van der Waals surface area contributed by atoms with Crippen molar-refractivity contribution in [3.05, 3.63) is 5.69 Å². The molecular weight excluding hydrogens is 266 g/mol. The number of fused-ring (bicyclic) bond motifs is 2. The summed E-state index contributed by atoms with van der Waals surface area (Å²) in [5.41, 5.74) is 0.925. The number of hydrogen-bond acceptors (Lipinski definition) is 7. The number of ether oxygens (including phenoxy) is 2. The molecule has 106 valence electrons. The van der Waals surface area contributed by atoms with Gasteiger partial charge in [0.05, 0.1) is 30.5 Å². The van der Waals surface area contributed by atoms with Crippen LogP contribution in [0.3, 0.4) is 0 Å². The van der Waals surface area contributed by atoms with Crippen LogP contribution < -0.4 is 4.74 Å². The van der Waals surface area contributed by atoms with Crippen molar-refractivity contribution in [2.75, 3.05) is 33.4 Å². The van der Waals surface area contributed by atoms with Crippen molar-refractivity contribution in [1.29, 1.82) is 0 Å². The second kappa shape index (κ2) is 5.70. The second-order valence-corrected chi connectivity index (χ2v) is 5.70. The van der Waals surface area contributed by atoms with Gasteiger partial charge in [-0.15, -0.1) is 4.37 Å². The van der Waals surface area contributed by atoms with Crippen molar-refractivity contribution in [2.24, 2.45) is 5.92 Å². The molecule has 1 aromatic rings. The number of nitrogens with zero attached hydrogens (tertiary/aromatic N) is 3. The Labute approximate surface area is 116 Å². The third-order valence-corrected chi connectivity index (χ3v) is 4.54. The van der Waals surface area contributed by atoms with Gasteiger partial charge in [-0.2, -0.15) is 4.37 Å². The highest BCUT2D eigenvalue weighted by molar-refractivity contribution is 6.99. The maximum Gasteiger partial charge on any atom is 0.250 e. The van der Waals surface area contributed by atoms with Gasteiger partial charge >= 0.3 is 0 Å². The van der Waals surface area contributed by atoms with E-state index < -0.39 is 0 Å². The fraction of sp³-hybridized carbons (Fsp3) is 0.833. The highest BCUT2D eigenvalue weighted by atomic mass is 32.1. The fourth-order valence-corrected chi connectivity index (χ4v) is 3.55. The molecule has 6 nitrogen and oxygen atoms in total. The first-order chi connectivity index (χ1) is 9.29. The fourth-order valence-electron chi connectivity index (χ4n) is 3.00. The number of hydrogen-bond donors (Lipinski definition) is 1. The molecule has 0 aliphatic carbocycles. The van der Waals surface area contributed by atoms with Crippen LogP contribution in [-0.2, 0) is 4.74 Å². The third-order valence-electron chi connectivity index (χ3n) is 4.01. The Morgan fingerprint density at radius 1 is 1.32 bits per heavy atom. The van der Waals surface area contributed by atoms with Crippen LogP contribution >= 0.6 is 11.7 Å². The first kappa shape index (κ1) is 13.2. The van der Waals surface area contributed by atoms with Crippen LogP contribution in [-0.4, -0.2) is 58.3 Å². The standard InChI is InChI=1S/C12H19N3O3S/c1-17-4-5-18-12-11(13-19-14-12)9-3-2-8-6-15(9)7-10(8)16/h8-10,16H,2-7H2,1H3. The van der Waals surface area contributed by atoms with Crippen LogP contribution in [0.25, 0.3) is 0 Å². The molecule has 4 atom stereocenters. The molecule has 3 rings (SSSR count). The van der Waals surface area contributed by atoms with Crippen molar-refractivity contribution >= 4 is 11.7 Å². The minimum Gasteiger partial charge on any atom is -0.473 e. The maximum absolute atomic E-state index is 9.93. The normalized spacial score (nSPS) is 33.6. The lowest BCUT2D eigenvalue weighted by atomic mass is 9.93. The Hall–Kier alpha value is -0.760. The minimum absolute atomic E-state index is 0.186. The third kappa shape index (κ3) is 2.60. The molecule has 0 radical (unpaired) electrons. The molecule has 2 bridgehead atoms. The van der Waals surface area contributed by atoms with Crippen LogP contribution in [0.2, 0.25) is 0 Å². The van der Waals surface area contributed by atoms with Crippen molar-refractivity contribution < 1.29 is 14.6 Å². The van der Waals surface area contributed by atoms with Crippen LogP contribution in [0.15, 0.2) is 0 Å². The Morgan fingerprint density at radius 2 is 2.21 bits per heavy atom. The lowest BCUT2D eigenvalue weighted by molar-refractivity contribution is 0.137. The number of aliphatic hydroxyl groups is 1. The summed E-state index contributed by atoms with van der Waals surface area (Å²) in [6.07, 6.45) is 1.89. The van der Waals surface area contributed by atoms with Gasteiger partial charge in [0.25, 0.3) is 5.88 Å². The topological polar surface area (TPSA) is 67.7 Å². The van der Waals surface area contributed by atoms with Crippen molar-refractivity contribution in [3.63, 3.8) is 0 Å². The van der Waals surface area contributed by atoms with E-state index in [1.165, 1.54) is 11.7 Å². The summed E-state index contributed by atoms with van der Waals surface area (Å²) in [7, 11) is 1.65. The van der Waals surface area contributed by atoms with Gasteiger partial charge in [0.2, 0.25) is 0 Å². The van der Waals surface area contributed by atoms with Crippen LogP contribution in [0.5, 0.6) is 5.88 Å². The van der Waals surface area contributed by atoms with E-state index in [4.69, 9.17) is 9.47 Å².